The van der Waals surface area contributed by atoms with Gasteiger partial charge in [-0.05, 0) is 19.8 Å². The highest BCUT2D eigenvalue weighted by Crippen LogP contribution is 2.37. The van der Waals surface area contributed by atoms with Crippen molar-refractivity contribution in [2.75, 3.05) is 13.2 Å². The van der Waals surface area contributed by atoms with Crippen molar-refractivity contribution in [3.8, 4) is 0 Å². The molecule has 1 fully saturated rings. The number of aromatic nitrogens is 2. The van der Waals surface area contributed by atoms with Crippen molar-refractivity contribution in [2.45, 2.75) is 38.6 Å². The van der Waals surface area contributed by atoms with Gasteiger partial charge in [0.15, 0.2) is 0 Å². The first kappa shape index (κ1) is 12.5. The van der Waals surface area contributed by atoms with E-state index in [4.69, 9.17) is 0 Å². The zero-order valence-electron chi connectivity index (χ0n) is 10.4. The van der Waals surface area contributed by atoms with Gasteiger partial charge < -0.3 is 10.4 Å². The second-order valence-corrected chi connectivity index (χ2v) is 5.10. The molecule has 4 heteroatoms. The molecular weight excluding hydrogens is 214 g/mol. The molecule has 94 valence electrons. The Bertz CT molecular complexity index is 336. The summed E-state index contributed by atoms with van der Waals surface area (Å²) < 4.78 is 0. The van der Waals surface area contributed by atoms with Crippen LogP contribution in [0.1, 0.15) is 44.3 Å². The molecular formula is C13H21N3O. The van der Waals surface area contributed by atoms with Gasteiger partial charge in [-0.25, -0.2) is 0 Å². The van der Waals surface area contributed by atoms with E-state index < -0.39 is 0 Å². The molecule has 1 aromatic rings. The first-order valence-corrected chi connectivity index (χ1v) is 6.36. The van der Waals surface area contributed by atoms with Crippen molar-refractivity contribution in [3.63, 3.8) is 0 Å². The zero-order chi connectivity index (χ0) is 12.1. The molecule has 1 heterocycles. The van der Waals surface area contributed by atoms with Crippen LogP contribution in [-0.4, -0.2) is 28.2 Å². The molecule has 1 saturated carbocycles. The molecule has 0 spiro atoms. The van der Waals surface area contributed by atoms with Gasteiger partial charge in [0, 0.05) is 43.2 Å². The van der Waals surface area contributed by atoms with Gasteiger partial charge in [-0.15, -0.1) is 0 Å². The van der Waals surface area contributed by atoms with Gasteiger partial charge in [0.2, 0.25) is 0 Å². The number of nitrogens with zero attached hydrogens (tertiary/aromatic N) is 2. The predicted molar refractivity (Wildman–Crippen MR) is 66.4 cm³/mol. The maximum Gasteiger partial charge on any atom is 0.0753 e. The molecule has 0 aromatic carbocycles. The summed E-state index contributed by atoms with van der Waals surface area (Å²) in [6.45, 7) is 3.23. The fraction of sp³-hybridized carbons (Fsp3) is 0.692. The summed E-state index contributed by atoms with van der Waals surface area (Å²) in [6.07, 6.45) is 9.92. The fourth-order valence-corrected chi connectivity index (χ4v) is 2.52. The van der Waals surface area contributed by atoms with Crippen LogP contribution in [0.5, 0.6) is 0 Å². The van der Waals surface area contributed by atoms with Gasteiger partial charge >= 0.3 is 0 Å². The molecule has 1 unspecified atom stereocenters. The number of nitrogens with one attached hydrogen (secondary N) is 1. The molecule has 4 nitrogen and oxygen atoms in total. The van der Waals surface area contributed by atoms with E-state index in [9.17, 15) is 5.11 Å². The van der Waals surface area contributed by atoms with Crippen LogP contribution in [0.2, 0.25) is 0 Å². The number of hydrogen-bond donors (Lipinski definition) is 2. The normalized spacial score (nSPS) is 20.4. The highest BCUT2D eigenvalue weighted by molar-refractivity contribution is 5.01. The Morgan fingerprint density at radius 3 is 2.76 bits per heavy atom. The van der Waals surface area contributed by atoms with Crippen molar-refractivity contribution < 1.29 is 5.11 Å². The summed E-state index contributed by atoms with van der Waals surface area (Å²) in [7, 11) is 0. The fourth-order valence-electron chi connectivity index (χ4n) is 2.52. The van der Waals surface area contributed by atoms with E-state index >= 15 is 0 Å². The lowest BCUT2D eigenvalue weighted by atomic mass is 9.87. The summed E-state index contributed by atoms with van der Waals surface area (Å²) in [5, 5.41) is 13.0. The average molecular weight is 235 g/mol. The summed E-state index contributed by atoms with van der Waals surface area (Å²) in [4.78, 5) is 8.36. The third-order valence-electron chi connectivity index (χ3n) is 3.81. The van der Waals surface area contributed by atoms with Gasteiger partial charge in [0.05, 0.1) is 5.69 Å². The zero-order valence-corrected chi connectivity index (χ0v) is 10.4. The van der Waals surface area contributed by atoms with Crippen molar-refractivity contribution in [2.24, 2.45) is 5.41 Å². The number of aliphatic hydroxyl groups excluding tert-OH is 1. The Hall–Kier alpha value is -1.00. The van der Waals surface area contributed by atoms with Gasteiger partial charge in [-0.2, -0.15) is 0 Å². The monoisotopic (exact) mass is 235 g/mol. The lowest BCUT2D eigenvalue weighted by molar-refractivity contribution is 0.125. The van der Waals surface area contributed by atoms with E-state index in [2.05, 4.69) is 22.2 Å². The lowest BCUT2D eigenvalue weighted by Crippen LogP contribution is -2.36. The summed E-state index contributed by atoms with van der Waals surface area (Å²) >= 11 is 0. The van der Waals surface area contributed by atoms with Crippen molar-refractivity contribution in [1.82, 2.24) is 15.3 Å². The molecule has 1 aromatic heterocycles. The number of rotatable bonds is 5. The van der Waals surface area contributed by atoms with Crippen molar-refractivity contribution >= 4 is 0 Å². The molecule has 2 rings (SSSR count). The van der Waals surface area contributed by atoms with Gasteiger partial charge in [-0.3, -0.25) is 9.97 Å². The molecule has 0 saturated heterocycles. The van der Waals surface area contributed by atoms with Crippen LogP contribution in [0, 0.1) is 5.41 Å². The van der Waals surface area contributed by atoms with Crippen LogP contribution < -0.4 is 5.32 Å². The predicted octanol–water partition coefficient (Wildman–Crippen LogP) is 1.68. The van der Waals surface area contributed by atoms with Gasteiger partial charge in [0.25, 0.3) is 0 Å². The summed E-state index contributed by atoms with van der Waals surface area (Å²) in [5.41, 5.74) is 1.05. The Kier molecular flexibility index (Phi) is 4.07. The largest absolute Gasteiger partial charge is 0.396 e. The summed E-state index contributed by atoms with van der Waals surface area (Å²) in [6, 6.07) is 0.188. The minimum Gasteiger partial charge on any atom is -0.396 e. The quantitative estimate of drug-likeness (QED) is 0.815. The third kappa shape index (κ3) is 3.01. The van der Waals surface area contributed by atoms with E-state index in [1.807, 2.05) is 0 Å². The molecule has 0 bridgehead atoms. The van der Waals surface area contributed by atoms with Crippen LogP contribution in [0.25, 0.3) is 0 Å². The topological polar surface area (TPSA) is 58.0 Å². The Morgan fingerprint density at radius 1 is 1.41 bits per heavy atom. The maximum atomic E-state index is 9.53. The molecule has 17 heavy (non-hydrogen) atoms. The Balaban J connectivity index is 1.89. The van der Waals surface area contributed by atoms with E-state index in [0.29, 0.717) is 0 Å². The van der Waals surface area contributed by atoms with Crippen LogP contribution in [0.3, 0.4) is 0 Å². The van der Waals surface area contributed by atoms with Crippen LogP contribution in [0.15, 0.2) is 18.6 Å². The number of hydrogen-bond acceptors (Lipinski definition) is 4. The Morgan fingerprint density at radius 2 is 2.18 bits per heavy atom. The molecule has 1 aliphatic rings. The van der Waals surface area contributed by atoms with E-state index in [0.717, 1.165) is 25.1 Å². The molecule has 0 amide bonds. The molecule has 0 aliphatic heterocycles. The Labute approximate surface area is 102 Å². The first-order chi connectivity index (χ1) is 8.26. The minimum absolute atomic E-state index is 0.0937. The molecule has 1 atom stereocenters. The van der Waals surface area contributed by atoms with Crippen LogP contribution in [-0.2, 0) is 0 Å². The van der Waals surface area contributed by atoms with E-state index in [1.54, 1.807) is 18.6 Å². The smallest absolute Gasteiger partial charge is 0.0753 e. The lowest BCUT2D eigenvalue weighted by Gasteiger charge is -2.28. The highest BCUT2D eigenvalue weighted by atomic mass is 16.3. The highest BCUT2D eigenvalue weighted by Gasteiger charge is 2.33. The molecule has 0 radical (unpaired) electrons. The standard InChI is InChI=1S/C13H21N3O/c1-11(12-8-14-6-7-15-12)16-9-13(10-17)4-2-3-5-13/h6-8,11,16-17H,2-5,9-10H2,1H3. The first-order valence-electron chi connectivity index (χ1n) is 6.36. The molecule has 1 aliphatic carbocycles. The van der Waals surface area contributed by atoms with Crippen LogP contribution in [0.4, 0.5) is 0 Å². The SMILES string of the molecule is CC(NCC1(CO)CCCC1)c1cnccn1. The molecule has 2 N–H and O–H groups in total. The third-order valence-corrected chi connectivity index (χ3v) is 3.81. The van der Waals surface area contributed by atoms with Crippen LogP contribution >= 0.6 is 0 Å². The van der Waals surface area contributed by atoms with Crippen molar-refractivity contribution in [3.05, 3.63) is 24.3 Å². The minimum atomic E-state index is 0.0937. The van der Waals surface area contributed by atoms with E-state index in [1.165, 1.54) is 12.8 Å². The van der Waals surface area contributed by atoms with Gasteiger partial charge in [-0.1, -0.05) is 12.8 Å². The number of aliphatic hydroxyl groups is 1. The average Bonchev–Trinajstić information content (AvgIpc) is 2.86. The second kappa shape index (κ2) is 5.56. The summed E-state index contributed by atoms with van der Waals surface area (Å²) in [5.74, 6) is 0. The van der Waals surface area contributed by atoms with Crippen molar-refractivity contribution in [1.29, 1.82) is 0 Å². The maximum absolute atomic E-state index is 9.53. The van der Waals surface area contributed by atoms with E-state index in [-0.39, 0.29) is 18.1 Å². The van der Waals surface area contributed by atoms with Gasteiger partial charge in [0.1, 0.15) is 0 Å². The second-order valence-electron chi connectivity index (χ2n) is 5.10.